The summed E-state index contributed by atoms with van der Waals surface area (Å²) in [5.74, 6) is -1.68. The molecule has 0 aromatic heterocycles. The van der Waals surface area contributed by atoms with Gasteiger partial charge in [-0.05, 0) is 13.3 Å². The Morgan fingerprint density at radius 2 is 2.00 bits per heavy atom. The number of ether oxygens (including phenoxy) is 1. The van der Waals surface area contributed by atoms with Gasteiger partial charge in [0.25, 0.3) is 0 Å². The number of amides is 2. The van der Waals surface area contributed by atoms with E-state index in [1.165, 1.54) is 14.0 Å². The number of carboxylic acid groups (broad SMARTS) is 1. The highest BCUT2D eigenvalue weighted by atomic mass is 16.5. The lowest BCUT2D eigenvalue weighted by atomic mass is 10.3. The highest BCUT2D eigenvalue weighted by Crippen LogP contribution is 1.95. The molecule has 0 rings (SSSR count). The van der Waals surface area contributed by atoms with Gasteiger partial charge in [-0.25, -0.2) is 9.59 Å². The van der Waals surface area contributed by atoms with E-state index in [1.54, 1.807) is 0 Å². The van der Waals surface area contributed by atoms with E-state index in [4.69, 9.17) is 5.11 Å². The first-order valence-electron chi connectivity index (χ1n) is 5.27. The maximum Gasteiger partial charge on any atom is 0.328 e. The molecule has 0 radical (unpaired) electrons. The summed E-state index contributed by atoms with van der Waals surface area (Å²) in [5.41, 5.74) is 0. The van der Waals surface area contributed by atoms with Crippen molar-refractivity contribution in [3.8, 4) is 0 Å². The Hall–Kier alpha value is -1.79. The molecule has 0 bridgehead atoms. The van der Waals surface area contributed by atoms with Crippen LogP contribution in [0, 0.1) is 0 Å². The Balaban J connectivity index is 4.41. The third-order valence-corrected chi connectivity index (χ3v) is 2.00. The van der Waals surface area contributed by atoms with Crippen molar-refractivity contribution in [2.24, 2.45) is 0 Å². The van der Waals surface area contributed by atoms with Gasteiger partial charge in [0.1, 0.15) is 12.6 Å². The van der Waals surface area contributed by atoms with Crippen molar-refractivity contribution in [2.75, 3.05) is 20.2 Å². The molecular weight excluding hydrogens is 228 g/mol. The number of carbonyl (C=O) groups is 3. The van der Waals surface area contributed by atoms with Crippen LogP contribution >= 0.6 is 0 Å². The smallest absolute Gasteiger partial charge is 0.328 e. The van der Waals surface area contributed by atoms with Gasteiger partial charge in [0.05, 0.1) is 7.11 Å². The van der Waals surface area contributed by atoms with Crippen LogP contribution in [0.15, 0.2) is 0 Å². The lowest BCUT2D eigenvalue weighted by molar-refractivity contribution is -0.142. The first-order chi connectivity index (χ1) is 7.92. The van der Waals surface area contributed by atoms with Gasteiger partial charge in [-0.15, -0.1) is 0 Å². The van der Waals surface area contributed by atoms with Crippen LogP contribution in [0.1, 0.15) is 20.3 Å². The standard InChI is InChI=1S/C10H18N2O5/c1-4-5-12(6-8(13)14)10(16)11-7(2)9(15)17-3/h7H,4-6H2,1-3H3,(H,11,16)(H,13,14). The fourth-order valence-electron chi connectivity index (χ4n) is 1.20. The first kappa shape index (κ1) is 15.2. The van der Waals surface area contributed by atoms with Crippen molar-refractivity contribution >= 4 is 18.0 Å². The molecule has 0 aromatic rings. The van der Waals surface area contributed by atoms with E-state index in [2.05, 4.69) is 10.1 Å². The number of esters is 1. The Morgan fingerprint density at radius 3 is 2.41 bits per heavy atom. The summed E-state index contributed by atoms with van der Waals surface area (Å²) in [6.07, 6.45) is 0.632. The molecule has 2 N–H and O–H groups in total. The van der Waals surface area contributed by atoms with E-state index in [0.29, 0.717) is 13.0 Å². The summed E-state index contributed by atoms with van der Waals surface area (Å²) in [7, 11) is 1.21. The Morgan fingerprint density at radius 1 is 1.41 bits per heavy atom. The Kier molecular flexibility index (Phi) is 6.69. The average molecular weight is 246 g/mol. The van der Waals surface area contributed by atoms with Crippen LogP contribution in [0.4, 0.5) is 4.79 Å². The zero-order valence-corrected chi connectivity index (χ0v) is 10.2. The second-order valence-corrected chi connectivity index (χ2v) is 3.51. The molecule has 17 heavy (non-hydrogen) atoms. The molecule has 0 heterocycles. The Bertz CT molecular complexity index is 292. The molecule has 1 atom stereocenters. The summed E-state index contributed by atoms with van der Waals surface area (Å²) < 4.78 is 4.45. The van der Waals surface area contributed by atoms with Crippen molar-refractivity contribution in [3.05, 3.63) is 0 Å². The number of aliphatic carboxylic acids is 1. The van der Waals surface area contributed by atoms with Crippen molar-refractivity contribution in [1.29, 1.82) is 0 Å². The lowest BCUT2D eigenvalue weighted by Crippen LogP contribution is -2.48. The van der Waals surface area contributed by atoms with E-state index in [-0.39, 0.29) is 0 Å². The van der Waals surface area contributed by atoms with Gasteiger partial charge in [0, 0.05) is 6.54 Å². The van der Waals surface area contributed by atoms with Gasteiger partial charge in [-0.1, -0.05) is 6.92 Å². The molecule has 0 aliphatic rings. The molecule has 1 unspecified atom stereocenters. The highest BCUT2D eigenvalue weighted by molar-refractivity contribution is 5.85. The summed E-state index contributed by atoms with van der Waals surface area (Å²) in [5, 5.41) is 11.0. The van der Waals surface area contributed by atoms with E-state index < -0.39 is 30.6 Å². The van der Waals surface area contributed by atoms with Crippen LogP contribution in [-0.2, 0) is 14.3 Å². The predicted molar refractivity (Wildman–Crippen MR) is 59.5 cm³/mol. The molecule has 0 saturated carbocycles. The summed E-state index contributed by atoms with van der Waals surface area (Å²) in [4.78, 5) is 34.4. The molecule has 0 fully saturated rings. The van der Waals surface area contributed by atoms with Gasteiger partial charge in [0.2, 0.25) is 0 Å². The second kappa shape index (κ2) is 7.48. The van der Waals surface area contributed by atoms with Gasteiger partial charge >= 0.3 is 18.0 Å². The highest BCUT2D eigenvalue weighted by Gasteiger charge is 2.21. The van der Waals surface area contributed by atoms with Gasteiger partial charge in [0.15, 0.2) is 0 Å². The average Bonchev–Trinajstić information content (AvgIpc) is 2.26. The molecule has 0 saturated heterocycles. The number of hydrogen-bond acceptors (Lipinski definition) is 4. The van der Waals surface area contributed by atoms with Crippen LogP contribution in [0.5, 0.6) is 0 Å². The number of nitrogens with one attached hydrogen (secondary N) is 1. The summed E-state index contributed by atoms with van der Waals surface area (Å²) >= 11 is 0. The third kappa shape index (κ3) is 5.74. The SMILES string of the molecule is CCCN(CC(=O)O)C(=O)NC(C)C(=O)OC. The fraction of sp³-hybridized carbons (Fsp3) is 0.700. The van der Waals surface area contributed by atoms with E-state index in [1.807, 2.05) is 6.92 Å². The number of methoxy groups -OCH3 is 1. The molecule has 0 aliphatic carbocycles. The minimum absolute atomic E-state index is 0.312. The van der Waals surface area contributed by atoms with Crippen molar-refractivity contribution in [1.82, 2.24) is 10.2 Å². The molecule has 7 nitrogen and oxygen atoms in total. The van der Waals surface area contributed by atoms with Crippen molar-refractivity contribution in [2.45, 2.75) is 26.3 Å². The zero-order chi connectivity index (χ0) is 13.4. The molecule has 0 aliphatic heterocycles. The van der Waals surface area contributed by atoms with E-state index in [9.17, 15) is 14.4 Å². The molecule has 7 heteroatoms. The number of nitrogens with zero attached hydrogens (tertiary/aromatic N) is 1. The number of rotatable bonds is 6. The summed E-state index contributed by atoms with van der Waals surface area (Å²) in [6, 6.07) is -1.40. The maximum absolute atomic E-state index is 11.6. The van der Waals surface area contributed by atoms with Gasteiger partial charge < -0.3 is 20.1 Å². The number of carboxylic acids is 1. The number of urea groups is 1. The minimum atomic E-state index is -1.10. The normalized spacial score (nSPS) is 11.5. The predicted octanol–water partition coefficient (Wildman–Crippen LogP) is 0.0541. The molecule has 0 aromatic carbocycles. The fourth-order valence-corrected chi connectivity index (χ4v) is 1.20. The molecule has 98 valence electrons. The van der Waals surface area contributed by atoms with Crippen molar-refractivity contribution < 1.29 is 24.2 Å². The van der Waals surface area contributed by atoms with Crippen molar-refractivity contribution in [3.63, 3.8) is 0 Å². The van der Waals surface area contributed by atoms with Crippen LogP contribution in [0.3, 0.4) is 0 Å². The van der Waals surface area contributed by atoms with Crippen LogP contribution < -0.4 is 5.32 Å². The van der Waals surface area contributed by atoms with E-state index >= 15 is 0 Å². The quantitative estimate of drug-likeness (QED) is 0.646. The summed E-state index contributed by atoms with van der Waals surface area (Å²) in [6.45, 7) is 3.21. The minimum Gasteiger partial charge on any atom is -0.480 e. The first-order valence-corrected chi connectivity index (χ1v) is 5.27. The monoisotopic (exact) mass is 246 g/mol. The maximum atomic E-state index is 11.6. The van der Waals surface area contributed by atoms with Gasteiger partial charge in [-0.2, -0.15) is 0 Å². The lowest BCUT2D eigenvalue weighted by Gasteiger charge is -2.22. The molecule has 0 spiro atoms. The third-order valence-electron chi connectivity index (χ3n) is 2.00. The van der Waals surface area contributed by atoms with Gasteiger partial charge in [-0.3, -0.25) is 4.79 Å². The molecule has 2 amide bonds. The van der Waals surface area contributed by atoms with Crippen LogP contribution in [0.2, 0.25) is 0 Å². The number of carbonyl (C=O) groups excluding carboxylic acids is 2. The second-order valence-electron chi connectivity index (χ2n) is 3.51. The van der Waals surface area contributed by atoms with E-state index in [0.717, 1.165) is 4.90 Å². The topological polar surface area (TPSA) is 95.9 Å². The number of hydrogen-bond donors (Lipinski definition) is 2. The Labute approximate surface area is 99.7 Å². The zero-order valence-electron chi connectivity index (χ0n) is 10.2. The molecular formula is C10H18N2O5. The van der Waals surface area contributed by atoms with Crippen LogP contribution in [0.25, 0.3) is 0 Å². The van der Waals surface area contributed by atoms with Crippen LogP contribution in [-0.4, -0.2) is 54.2 Å². The largest absolute Gasteiger partial charge is 0.480 e.